The minimum Gasteiger partial charge on any atom is -0.497 e. The summed E-state index contributed by atoms with van der Waals surface area (Å²) in [5, 5.41) is 2.76. The second-order valence-corrected chi connectivity index (χ2v) is 3.95. The smallest absolute Gasteiger partial charge is 0.221 e. The SMILES string of the molecule is COc1cccc(OC(C)CNC(=O)CCN)c1. The number of benzene rings is 1. The van der Waals surface area contributed by atoms with Gasteiger partial charge in [0.05, 0.1) is 13.7 Å². The van der Waals surface area contributed by atoms with Crippen LogP contribution in [0.25, 0.3) is 0 Å². The monoisotopic (exact) mass is 252 g/mol. The second kappa shape index (κ2) is 7.55. The molecule has 1 aromatic carbocycles. The van der Waals surface area contributed by atoms with Crippen molar-refractivity contribution in [3.63, 3.8) is 0 Å². The Hall–Kier alpha value is -1.75. The van der Waals surface area contributed by atoms with Gasteiger partial charge in [-0.05, 0) is 19.1 Å². The van der Waals surface area contributed by atoms with Crippen LogP contribution in [0.15, 0.2) is 24.3 Å². The van der Waals surface area contributed by atoms with Gasteiger partial charge in [0.1, 0.15) is 17.6 Å². The van der Waals surface area contributed by atoms with Gasteiger partial charge in [-0.2, -0.15) is 0 Å². The lowest BCUT2D eigenvalue weighted by molar-refractivity contribution is -0.121. The molecule has 0 aliphatic carbocycles. The van der Waals surface area contributed by atoms with E-state index in [1.165, 1.54) is 0 Å². The lowest BCUT2D eigenvalue weighted by Crippen LogP contribution is -2.34. The first-order chi connectivity index (χ1) is 8.65. The normalized spacial score (nSPS) is 11.7. The third-order valence-electron chi connectivity index (χ3n) is 2.34. The lowest BCUT2D eigenvalue weighted by atomic mass is 10.3. The van der Waals surface area contributed by atoms with Crippen molar-refractivity contribution < 1.29 is 14.3 Å². The van der Waals surface area contributed by atoms with Crippen LogP contribution >= 0.6 is 0 Å². The van der Waals surface area contributed by atoms with Gasteiger partial charge in [0.2, 0.25) is 5.91 Å². The first-order valence-electron chi connectivity index (χ1n) is 5.93. The van der Waals surface area contributed by atoms with E-state index in [1.807, 2.05) is 25.1 Å². The van der Waals surface area contributed by atoms with Crippen LogP contribution in [0.4, 0.5) is 0 Å². The zero-order chi connectivity index (χ0) is 13.4. The molecule has 1 amide bonds. The first-order valence-corrected chi connectivity index (χ1v) is 5.93. The number of nitrogens with one attached hydrogen (secondary N) is 1. The standard InChI is InChI=1S/C13H20N2O3/c1-10(9-15-13(16)6-7-14)18-12-5-3-4-11(8-12)17-2/h3-5,8,10H,6-7,9,14H2,1-2H3,(H,15,16). The topological polar surface area (TPSA) is 73.6 Å². The molecule has 5 heteroatoms. The molecule has 0 aliphatic rings. The quantitative estimate of drug-likeness (QED) is 0.757. The number of hydrogen-bond donors (Lipinski definition) is 2. The average molecular weight is 252 g/mol. The summed E-state index contributed by atoms with van der Waals surface area (Å²) >= 11 is 0. The summed E-state index contributed by atoms with van der Waals surface area (Å²) in [6.45, 7) is 2.70. The predicted molar refractivity (Wildman–Crippen MR) is 69.8 cm³/mol. The zero-order valence-corrected chi connectivity index (χ0v) is 10.8. The maximum Gasteiger partial charge on any atom is 0.221 e. The highest BCUT2D eigenvalue weighted by Gasteiger charge is 2.07. The Bertz CT molecular complexity index is 382. The van der Waals surface area contributed by atoms with Crippen molar-refractivity contribution in [3.8, 4) is 11.5 Å². The molecule has 0 saturated carbocycles. The molecular formula is C13H20N2O3. The summed E-state index contributed by atoms with van der Waals surface area (Å²) in [6, 6.07) is 7.35. The van der Waals surface area contributed by atoms with Gasteiger partial charge in [0.15, 0.2) is 0 Å². The van der Waals surface area contributed by atoms with Crippen LogP contribution in [-0.4, -0.2) is 32.2 Å². The summed E-state index contributed by atoms with van der Waals surface area (Å²) in [7, 11) is 1.61. The van der Waals surface area contributed by atoms with Crippen molar-refractivity contribution in [2.45, 2.75) is 19.4 Å². The van der Waals surface area contributed by atoms with Gasteiger partial charge in [0, 0.05) is 19.0 Å². The van der Waals surface area contributed by atoms with E-state index in [-0.39, 0.29) is 12.0 Å². The average Bonchev–Trinajstić information content (AvgIpc) is 2.37. The number of carbonyl (C=O) groups is 1. The van der Waals surface area contributed by atoms with Gasteiger partial charge in [0.25, 0.3) is 0 Å². The van der Waals surface area contributed by atoms with Crippen molar-refractivity contribution >= 4 is 5.91 Å². The summed E-state index contributed by atoms with van der Waals surface area (Å²) in [5.41, 5.74) is 5.29. The van der Waals surface area contributed by atoms with Crippen molar-refractivity contribution in [3.05, 3.63) is 24.3 Å². The van der Waals surface area contributed by atoms with Gasteiger partial charge in [-0.3, -0.25) is 4.79 Å². The fourth-order valence-electron chi connectivity index (χ4n) is 1.43. The van der Waals surface area contributed by atoms with E-state index in [9.17, 15) is 4.79 Å². The highest BCUT2D eigenvalue weighted by molar-refractivity contribution is 5.76. The molecule has 18 heavy (non-hydrogen) atoms. The zero-order valence-electron chi connectivity index (χ0n) is 10.8. The molecule has 0 fully saturated rings. The molecule has 0 saturated heterocycles. The van der Waals surface area contributed by atoms with Gasteiger partial charge in [-0.1, -0.05) is 6.07 Å². The highest BCUT2D eigenvalue weighted by Crippen LogP contribution is 2.19. The molecule has 100 valence electrons. The molecule has 0 spiro atoms. The maximum absolute atomic E-state index is 11.2. The van der Waals surface area contributed by atoms with Crippen LogP contribution < -0.4 is 20.5 Å². The molecule has 0 heterocycles. The highest BCUT2D eigenvalue weighted by atomic mass is 16.5. The Morgan fingerprint density at radius 1 is 1.44 bits per heavy atom. The molecule has 1 atom stereocenters. The summed E-state index contributed by atoms with van der Waals surface area (Å²) < 4.78 is 10.8. The molecule has 1 unspecified atom stereocenters. The summed E-state index contributed by atoms with van der Waals surface area (Å²) in [4.78, 5) is 11.2. The molecule has 3 N–H and O–H groups in total. The van der Waals surface area contributed by atoms with Gasteiger partial charge in [-0.15, -0.1) is 0 Å². The molecule has 5 nitrogen and oxygen atoms in total. The van der Waals surface area contributed by atoms with Crippen LogP contribution in [0.1, 0.15) is 13.3 Å². The Morgan fingerprint density at radius 2 is 2.17 bits per heavy atom. The minimum atomic E-state index is -0.112. The van der Waals surface area contributed by atoms with Crippen LogP contribution in [0, 0.1) is 0 Å². The first kappa shape index (κ1) is 14.3. The number of methoxy groups -OCH3 is 1. The largest absolute Gasteiger partial charge is 0.497 e. The molecule has 0 radical (unpaired) electrons. The molecule has 0 aromatic heterocycles. The van der Waals surface area contributed by atoms with Crippen molar-refractivity contribution in [2.24, 2.45) is 5.73 Å². The van der Waals surface area contributed by atoms with Crippen molar-refractivity contribution in [1.82, 2.24) is 5.32 Å². The number of rotatable bonds is 7. The number of nitrogens with two attached hydrogens (primary N) is 1. The van der Waals surface area contributed by atoms with E-state index < -0.39 is 0 Å². The van der Waals surface area contributed by atoms with Crippen LogP contribution in [0.2, 0.25) is 0 Å². The fraction of sp³-hybridized carbons (Fsp3) is 0.462. The lowest BCUT2D eigenvalue weighted by Gasteiger charge is -2.15. The number of ether oxygens (including phenoxy) is 2. The van der Waals surface area contributed by atoms with Crippen LogP contribution in [0.5, 0.6) is 11.5 Å². The fourth-order valence-corrected chi connectivity index (χ4v) is 1.43. The van der Waals surface area contributed by atoms with Crippen LogP contribution in [0.3, 0.4) is 0 Å². The van der Waals surface area contributed by atoms with E-state index >= 15 is 0 Å². The number of hydrogen-bond acceptors (Lipinski definition) is 4. The molecule has 1 rings (SSSR count). The minimum absolute atomic E-state index is 0.0569. The van der Waals surface area contributed by atoms with Crippen molar-refractivity contribution in [1.29, 1.82) is 0 Å². The summed E-state index contributed by atoms with van der Waals surface area (Å²) in [6.07, 6.45) is 0.227. The Kier molecular flexibility index (Phi) is 6.00. The second-order valence-electron chi connectivity index (χ2n) is 3.95. The predicted octanol–water partition coefficient (Wildman–Crippen LogP) is 0.927. The van der Waals surface area contributed by atoms with E-state index in [0.717, 1.165) is 11.5 Å². The van der Waals surface area contributed by atoms with E-state index in [0.29, 0.717) is 19.5 Å². The van der Waals surface area contributed by atoms with Gasteiger partial charge >= 0.3 is 0 Å². The summed E-state index contributed by atoms with van der Waals surface area (Å²) in [5.74, 6) is 1.40. The third kappa shape index (κ3) is 5.05. The Morgan fingerprint density at radius 3 is 2.83 bits per heavy atom. The van der Waals surface area contributed by atoms with E-state index in [4.69, 9.17) is 15.2 Å². The number of carbonyl (C=O) groups excluding carboxylic acids is 1. The maximum atomic E-state index is 11.2. The van der Waals surface area contributed by atoms with Gasteiger partial charge in [-0.25, -0.2) is 0 Å². The molecule has 1 aromatic rings. The molecule has 0 bridgehead atoms. The molecule has 0 aliphatic heterocycles. The van der Waals surface area contributed by atoms with E-state index in [2.05, 4.69) is 5.32 Å². The Balaban J connectivity index is 2.39. The molecular weight excluding hydrogens is 232 g/mol. The van der Waals surface area contributed by atoms with Crippen LogP contribution in [-0.2, 0) is 4.79 Å². The van der Waals surface area contributed by atoms with Gasteiger partial charge < -0.3 is 20.5 Å². The van der Waals surface area contributed by atoms with Crippen molar-refractivity contribution in [2.75, 3.05) is 20.2 Å². The Labute approximate surface area is 107 Å². The third-order valence-corrected chi connectivity index (χ3v) is 2.34. The number of amides is 1. The van der Waals surface area contributed by atoms with E-state index in [1.54, 1.807) is 13.2 Å².